The first-order valence-electron chi connectivity index (χ1n) is 9.22. The van der Waals surface area contributed by atoms with E-state index >= 15 is 0 Å². The number of hydrogen-bond acceptors (Lipinski definition) is 5. The number of nitrogens with one attached hydrogen (secondary N) is 1. The highest BCUT2D eigenvalue weighted by Gasteiger charge is 2.45. The summed E-state index contributed by atoms with van der Waals surface area (Å²) in [6, 6.07) is 4.67. The molecule has 30 heavy (non-hydrogen) atoms. The largest absolute Gasteiger partial charge is 0.378 e. The summed E-state index contributed by atoms with van der Waals surface area (Å²) in [6.07, 6.45) is 2.50. The number of aryl methyl sites for hydroxylation is 1. The van der Waals surface area contributed by atoms with Gasteiger partial charge in [0.1, 0.15) is 12.5 Å². The van der Waals surface area contributed by atoms with E-state index in [2.05, 4.69) is 15.4 Å². The van der Waals surface area contributed by atoms with E-state index in [1.54, 1.807) is 6.92 Å². The van der Waals surface area contributed by atoms with Crippen molar-refractivity contribution < 1.29 is 22.4 Å². The average Bonchev–Trinajstić information content (AvgIpc) is 3.46. The lowest BCUT2D eigenvalue weighted by atomic mass is 10.1. The number of aromatic nitrogens is 3. The second-order valence-electron chi connectivity index (χ2n) is 7.47. The van der Waals surface area contributed by atoms with E-state index in [1.165, 1.54) is 29.0 Å². The standard InChI is InChI=1S/C20H18F4N4O2/c1-11-25-14-8-16(29)28(20(10-21)6-7-20)9-12(14)18(26-11)27-30-15-5-3-4-13(17(15)22)19(2,23)24/h3-5,8-9H,6-7,10H2,1-2H3,(H,25,26,27). The monoisotopic (exact) mass is 422 g/mol. The molecule has 4 rings (SSSR count). The van der Waals surface area contributed by atoms with Crippen LogP contribution in [0.2, 0.25) is 0 Å². The van der Waals surface area contributed by atoms with Crippen molar-refractivity contribution in [2.45, 2.75) is 38.2 Å². The lowest BCUT2D eigenvalue weighted by Gasteiger charge is -2.17. The predicted octanol–water partition coefficient (Wildman–Crippen LogP) is 4.22. The second kappa shape index (κ2) is 6.96. The summed E-state index contributed by atoms with van der Waals surface area (Å²) in [5.41, 5.74) is 0.669. The number of pyridine rings is 1. The van der Waals surface area contributed by atoms with Crippen molar-refractivity contribution in [2.75, 3.05) is 12.2 Å². The summed E-state index contributed by atoms with van der Waals surface area (Å²) in [5, 5.41) is 0.345. The maximum atomic E-state index is 14.4. The molecule has 1 aromatic carbocycles. The van der Waals surface area contributed by atoms with Gasteiger partial charge in [-0.1, -0.05) is 6.07 Å². The molecule has 2 heterocycles. The first kappa shape index (κ1) is 20.1. The first-order chi connectivity index (χ1) is 14.1. The maximum Gasteiger partial charge on any atom is 0.273 e. The maximum absolute atomic E-state index is 14.4. The molecule has 0 saturated heterocycles. The van der Waals surface area contributed by atoms with Crippen LogP contribution >= 0.6 is 0 Å². The van der Waals surface area contributed by atoms with Gasteiger partial charge in [-0.05, 0) is 31.9 Å². The third-order valence-electron chi connectivity index (χ3n) is 5.12. The molecule has 1 aliphatic carbocycles. The Morgan fingerprint density at radius 1 is 1.30 bits per heavy atom. The van der Waals surface area contributed by atoms with Gasteiger partial charge in [-0.15, -0.1) is 0 Å². The van der Waals surface area contributed by atoms with Gasteiger partial charge in [0, 0.05) is 19.2 Å². The number of anilines is 1. The van der Waals surface area contributed by atoms with Crippen molar-refractivity contribution in [3.05, 3.63) is 58.0 Å². The van der Waals surface area contributed by atoms with Gasteiger partial charge in [-0.25, -0.2) is 33.0 Å². The Bertz CT molecular complexity index is 1190. The smallest absolute Gasteiger partial charge is 0.273 e. The fraction of sp³-hybridized carbons (Fsp3) is 0.350. The number of nitrogens with zero attached hydrogens (tertiary/aromatic N) is 3. The zero-order valence-electron chi connectivity index (χ0n) is 16.2. The molecule has 1 aliphatic rings. The minimum Gasteiger partial charge on any atom is -0.378 e. The van der Waals surface area contributed by atoms with Crippen molar-refractivity contribution in [3.8, 4) is 5.75 Å². The second-order valence-corrected chi connectivity index (χ2v) is 7.47. The molecule has 0 spiro atoms. The molecule has 3 aromatic rings. The Morgan fingerprint density at radius 3 is 2.67 bits per heavy atom. The van der Waals surface area contributed by atoms with Crippen LogP contribution in [0.15, 0.2) is 35.3 Å². The molecule has 0 amide bonds. The van der Waals surface area contributed by atoms with Crippen LogP contribution < -0.4 is 15.9 Å². The van der Waals surface area contributed by atoms with Gasteiger partial charge in [0.25, 0.3) is 11.5 Å². The molecule has 0 bridgehead atoms. The summed E-state index contributed by atoms with van der Waals surface area (Å²) in [4.78, 5) is 26.0. The Balaban J connectivity index is 1.73. The number of alkyl halides is 3. The van der Waals surface area contributed by atoms with Crippen molar-refractivity contribution >= 4 is 16.7 Å². The van der Waals surface area contributed by atoms with Gasteiger partial charge in [0.05, 0.1) is 22.0 Å². The molecule has 0 unspecified atom stereocenters. The van der Waals surface area contributed by atoms with Crippen molar-refractivity contribution in [2.24, 2.45) is 0 Å². The van der Waals surface area contributed by atoms with E-state index in [1.807, 2.05) is 0 Å². The molecular weight excluding hydrogens is 404 g/mol. The summed E-state index contributed by atoms with van der Waals surface area (Å²) < 4.78 is 56.3. The summed E-state index contributed by atoms with van der Waals surface area (Å²) >= 11 is 0. The summed E-state index contributed by atoms with van der Waals surface area (Å²) in [6.45, 7) is 1.48. The minimum atomic E-state index is -3.39. The predicted molar refractivity (Wildman–Crippen MR) is 102 cm³/mol. The Labute approximate surface area is 168 Å². The number of benzene rings is 1. The quantitative estimate of drug-likeness (QED) is 0.476. The first-order valence-corrected chi connectivity index (χ1v) is 9.22. The van der Waals surface area contributed by atoms with E-state index in [4.69, 9.17) is 4.84 Å². The van der Waals surface area contributed by atoms with E-state index in [0.29, 0.717) is 36.5 Å². The number of rotatable bonds is 6. The van der Waals surface area contributed by atoms with E-state index < -0.39 is 40.8 Å². The van der Waals surface area contributed by atoms with Gasteiger partial charge >= 0.3 is 0 Å². The van der Waals surface area contributed by atoms with Crippen LogP contribution in [0.3, 0.4) is 0 Å². The highest BCUT2D eigenvalue weighted by Crippen LogP contribution is 2.43. The van der Waals surface area contributed by atoms with Gasteiger partial charge in [0.15, 0.2) is 17.4 Å². The normalized spacial score (nSPS) is 15.3. The van der Waals surface area contributed by atoms with Crippen LogP contribution in [-0.4, -0.2) is 21.2 Å². The van der Waals surface area contributed by atoms with Gasteiger partial charge in [-0.3, -0.25) is 4.79 Å². The molecule has 0 radical (unpaired) electrons. The van der Waals surface area contributed by atoms with Crippen molar-refractivity contribution in [1.82, 2.24) is 14.5 Å². The summed E-state index contributed by atoms with van der Waals surface area (Å²) in [5.74, 6) is -4.66. The third-order valence-corrected chi connectivity index (χ3v) is 5.12. The fourth-order valence-corrected chi connectivity index (χ4v) is 3.28. The molecular formula is C20H18F4N4O2. The topological polar surface area (TPSA) is 69.0 Å². The van der Waals surface area contributed by atoms with Gasteiger partial charge in [-0.2, -0.15) is 0 Å². The lowest BCUT2D eigenvalue weighted by molar-refractivity contribution is 0.0133. The molecule has 10 heteroatoms. The lowest BCUT2D eigenvalue weighted by Crippen LogP contribution is -2.31. The molecule has 158 valence electrons. The Morgan fingerprint density at radius 2 is 2.03 bits per heavy atom. The zero-order valence-corrected chi connectivity index (χ0v) is 16.2. The van der Waals surface area contributed by atoms with Gasteiger partial charge < -0.3 is 9.40 Å². The molecule has 2 aromatic heterocycles. The molecule has 1 saturated carbocycles. The molecule has 0 aliphatic heterocycles. The van der Waals surface area contributed by atoms with Crippen LogP contribution in [-0.2, 0) is 11.5 Å². The molecule has 1 N–H and O–H groups in total. The highest BCUT2D eigenvalue weighted by molar-refractivity contribution is 5.88. The highest BCUT2D eigenvalue weighted by atomic mass is 19.3. The minimum absolute atomic E-state index is 0.0916. The van der Waals surface area contributed by atoms with Crippen LogP contribution in [0.1, 0.15) is 31.2 Å². The number of fused-ring (bicyclic) bond motifs is 1. The molecule has 6 nitrogen and oxygen atoms in total. The third kappa shape index (κ3) is 3.46. The number of halogens is 4. The van der Waals surface area contributed by atoms with Crippen LogP contribution in [0.4, 0.5) is 23.4 Å². The Kier molecular flexibility index (Phi) is 4.67. The van der Waals surface area contributed by atoms with E-state index in [-0.39, 0.29) is 5.82 Å². The summed E-state index contributed by atoms with van der Waals surface area (Å²) in [7, 11) is 0. The Hall–Kier alpha value is -3.17. The van der Waals surface area contributed by atoms with Crippen LogP contribution in [0.25, 0.3) is 10.9 Å². The van der Waals surface area contributed by atoms with E-state index in [9.17, 15) is 22.4 Å². The number of hydrogen-bond donors (Lipinski definition) is 1. The van der Waals surface area contributed by atoms with Crippen molar-refractivity contribution in [1.29, 1.82) is 0 Å². The van der Waals surface area contributed by atoms with Crippen molar-refractivity contribution in [3.63, 3.8) is 0 Å². The van der Waals surface area contributed by atoms with Crippen LogP contribution in [0.5, 0.6) is 5.75 Å². The van der Waals surface area contributed by atoms with Crippen LogP contribution in [0, 0.1) is 12.7 Å². The van der Waals surface area contributed by atoms with Gasteiger partial charge in [0.2, 0.25) is 0 Å². The zero-order chi connectivity index (χ0) is 21.7. The average molecular weight is 422 g/mol. The fourth-order valence-electron chi connectivity index (χ4n) is 3.28. The van der Waals surface area contributed by atoms with E-state index in [0.717, 1.165) is 6.07 Å². The molecule has 1 fully saturated rings. The SMILES string of the molecule is Cc1nc(NOc2cccc(C(C)(F)F)c2F)c2cn(C3(CF)CC3)c(=O)cc2n1. The molecule has 0 atom stereocenters.